The quantitative estimate of drug-likeness (QED) is 0.184. The fourth-order valence-corrected chi connectivity index (χ4v) is 8.75. The Morgan fingerprint density at radius 3 is 1.44 bits per heavy atom. The van der Waals surface area contributed by atoms with Crippen LogP contribution < -0.4 is 0 Å². The highest BCUT2D eigenvalue weighted by Gasteiger charge is 2.19. The summed E-state index contributed by atoms with van der Waals surface area (Å²) in [4.78, 5) is 0. The van der Waals surface area contributed by atoms with Gasteiger partial charge in [0.15, 0.2) is 0 Å². The number of aromatic nitrogens is 3. The summed E-state index contributed by atoms with van der Waals surface area (Å²) in [5, 5.41) is 27.2. The third kappa shape index (κ3) is 4.45. The predicted octanol–water partition coefficient (Wildman–Crippen LogP) is 12.4. The maximum Gasteiger partial charge on any atom is 0.101 e. The van der Waals surface area contributed by atoms with Crippen LogP contribution in [0.1, 0.15) is 11.1 Å². The molecule has 8 aromatic carbocycles. The van der Waals surface area contributed by atoms with Crippen molar-refractivity contribution in [3.63, 3.8) is 0 Å². The molecule has 0 unspecified atom stereocenters. The van der Waals surface area contributed by atoms with E-state index >= 15 is 0 Å². The number of benzene rings is 8. The zero-order valence-corrected chi connectivity index (χ0v) is 29.5. The van der Waals surface area contributed by atoms with Gasteiger partial charge in [-0.05, 0) is 83.9 Å². The third-order valence-corrected chi connectivity index (χ3v) is 11.1. The summed E-state index contributed by atoms with van der Waals surface area (Å²) in [6.07, 6.45) is 0. The molecule has 0 N–H and O–H groups in total. The summed E-state index contributed by atoms with van der Waals surface area (Å²) in [5.41, 5.74) is 12.6. The van der Waals surface area contributed by atoms with Gasteiger partial charge in [0.1, 0.15) is 6.07 Å². The first-order valence-electron chi connectivity index (χ1n) is 18.3. The van der Waals surface area contributed by atoms with E-state index in [4.69, 9.17) is 0 Å². The van der Waals surface area contributed by atoms with Gasteiger partial charge in [-0.1, -0.05) is 103 Å². The monoisotopic (exact) mass is 699 g/mol. The predicted molar refractivity (Wildman–Crippen MR) is 224 cm³/mol. The molecule has 0 aliphatic carbocycles. The lowest BCUT2D eigenvalue weighted by Gasteiger charge is -2.13. The SMILES string of the molecule is N#Cc1cc(-c2ccc(-n3c4ccccc4c4ccc(-n5c6ccccc6c6ccccc65)cc43)cc2)ccc1-n1c2ccccc2c2c(C#N)cccc21. The van der Waals surface area contributed by atoms with Crippen LogP contribution in [0.3, 0.4) is 0 Å². The van der Waals surface area contributed by atoms with Crippen molar-refractivity contribution < 1.29 is 0 Å². The Labute approximate surface area is 316 Å². The van der Waals surface area contributed by atoms with Gasteiger partial charge >= 0.3 is 0 Å². The minimum absolute atomic E-state index is 0.562. The van der Waals surface area contributed by atoms with Gasteiger partial charge in [0.05, 0.1) is 56.0 Å². The average molecular weight is 700 g/mol. The molecule has 3 heterocycles. The molecule has 11 rings (SSSR count). The van der Waals surface area contributed by atoms with Crippen molar-refractivity contribution in [2.24, 2.45) is 0 Å². The van der Waals surface area contributed by atoms with E-state index in [2.05, 4.69) is 147 Å². The third-order valence-electron chi connectivity index (χ3n) is 11.1. The summed E-state index contributed by atoms with van der Waals surface area (Å²) in [5.74, 6) is 0. The molecule has 0 bridgehead atoms. The van der Waals surface area contributed by atoms with Gasteiger partial charge in [0.25, 0.3) is 0 Å². The molecule has 0 spiro atoms. The standard InChI is InChI=1S/C50H29N5/c51-30-34-10-9-19-48-50(34)42-14-4-8-18-47(42)55(48)43-27-22-33(28-35(43)31-52)32-20-23-36(24-21-32)53-44-15-5-3-13-40(44)41-26-25-37(29-49(41)53)54-45-16-6-1-11-38(45)39-12-2-7-17-46(39)54/h1-29H. The highest BCUT2D eigenvalue weighted by molar-refractivity contribution is 6.13. The zero-order valence-electron chi connectivity index (χ0n) is 29.5. The van der Waals surface area contributed by atoms with Crippen molar-refractivity contribution in [1.29, 1.82) is 10.5 Å². The molecule has 3 aromatic heterocycles. The van der Waals surface area contributed by atoms with E-state index in [0.717, 1.165) is 61.0 Å². The first-order chi connectivity index (χ1) is 27.2. The van der Waals surface area contributed by atoms with Crippen LogP contribution in [0.2, 0.25) is 0 Å². The van der Waals surface area contributed by atoms with Crippen LogP contribution in [0.15, 0.2) is 176 Å². The maximum atomic E-state index is 10.5. The van der Waals surface area contributed by atoms with Crippen molar-refractivity contribution in [3.05, 3.63) is 187 Å². The number of nitriles is 2. The molecule has 11 aromatic rings. The van der Waals surface area contributed by atoms with Gasteiger partial charge in [0.2, 0.25) is 0 Å². The lowest BCUT2D eigenvalue weighted by molar-refractivity contribution is 1.15. The lowest BCUT2D eigenvalue weighted by atomic mass is 10.0. The van der Waals surface area contributed by atoms with E-state index < -0.39 is 0 Å². The summed E-state index contributed by atoms with van der Waals surface area (Å²) < 4.78 is 6.83. The van der Waals surface area contributed by atoms with Crippen molar-refractivity contribution in [2.45, 2.75) is 0 Å². The van der Waals surface area contributed by atoms with Gasteiger partial charge in [-0.15, -0.1) is 0 Å². The van der Waals surface area contributed by atoms with Gasteiger partial charge < -0.3 is 13.7 Å². The van der Waals surface area contributed by atoms with E-state index in [1.807, 2.05) is 54.6 Å². The van der Waals surface area contributed by atoms with Gasteiger partial charge in [-0.3, -0.25) is 0 Å². The molecule has 0 radical (unpaired) electrons. The molecule has 0 aliphatic rings. The van der Waals surface area contributed by atoms with Crippen molar-refractivity contribution in [2.75, 3.05) is 0 Å². The van der Waals surface area contributed by atoms with E-state index in [0.29, 0.717) is 11.1 Å². The summed E-state index contributed by atoms with van der Waals surface area (Å²) in [7, 11) is 0. The molecule has 0 amide bonds. The van der Waals surface area contributed by atoms with Crippen LogP contribution in [0.25, 0.3) is 93.6 Å². The second kappa shape index (κ2) is 11.8. The van der Waals surface area contributed by atoms with Crippen molar-refractivity contribution >= 4 is 65.4 Å². The number of fused-ring (bicyclic) bond motifs is 9. The number of para-hydroxylation sites is 4. The molecule has 0 saturated heterocycles. The van der Waals surface area contributed by atoms with Crippen LogP contribution in [-0.2, 0) is 0 Å². The van der Waals surface area contributed by atoms with E-state index in [-0.39, 0.29) is 0 Å². The fraction of sp³-hybridized carbons (Fsp3) is 0. The maximum absolute atomic E-state index is 10.5. The zero-order chi connectivity index (χ0) is 36.6. The Kier molecular flexibility index (Phi) is 6.61. The first-order valence-corrected chi connectivity index (χ1v) is 18.3. The largest absolute Gasteiger partial charge is 0.309 e. The summed E-state index contributed by atoms with van der Waals surface area (Å²) in [6.45, 7) is 0. The Balaban J connectivity index is 1.04. The van der Waals surface area contributed by atoms with Gasteiger partial charge in [0, 0.05) is 43.7 Å². The smallest absolute Gasteiger partial charge is 0.101 e. The number of rotatable bonds is 4. The molecular weight excluding hydrogens is 671 g/mol. The average Bonchev–Trinajstić information content (AvgIpc) is 3.89. The summed E-state index contributed by atoms with van der Waals surface area (Å²) in [6, 6.07) is 66.0. The Bertz CT molecular complexity index is 3400. The van der Waals surface area contributed by atoms with Crippen molar-refractivity contribution in [3.8, 4) is 40.3 Å². The molecule has 254 valence electrons. The highest BCUT2D eigenvalue weighted by Crippen LogP contribution is 2.39. The lowest BCUT2D eigenvalue weighted by Crippen LogP contribution is -1.98. The fourth-order valence-electron chi connectivity index (χ4n) is 8.75. The topological polar surface area (TPSA) is 62.4 Å². The van der Waals surface area contributed by atoms with Crippen molar-refractivity contribution in [1.82, 2.24) is 13.7 Å². The molecule has 0 aliphatic heterocycles. The minimum atomic E-state index is 0.562. The Morgan fingerprint density at radius 2 is 0.818 bits per heavy atom. The first kappa shape index (κ1) is 30.7. The minimum Gasteiger partial charge on any atom is -0.309 e. The molecule has 5 nitrogen and oxygen atoms in total. The van der Waals surface area contributed by atoms with Crippen LogP contribution in [0.5, 0.6) is 0 Å². The molecule has 0 fully saturated rings. The second-order valence-corrected chi connectivity index (χ2v) is 14.0. The number of hydrogen-bond donors (Lipinski definition) is 0. The molecule has 55 heavy (non-hydrogen) atoms. The van der Waals surface area contributed by atoms with Gasteiger partial charge in [-0.2, -0.15) is 10.5 Å². The van der Waals surface area contributed by atoms with Crippen LogP contribution in [0, 0.1) is 22.7 Å². The molecule has 5 heteroatoms. The molecule has 0 atom stereocenters. The van der Waals surface area contributed by atoms with Crippen LogP contribution in [-0.4, -0.2) is 13.7 Å². The van der Waals surface area contributed by atoms with E-state index in [1.54, 1.807) is 0 Å². The highest BCUT2D eigenvalue weighted by atomic mass is 15.0. The number of hydrogen-bond acceptors (Lipinski definition) is 2. The normalized spacial score (nSPS) is 11.6. The summed E-state index contributed by atoms with van der Waals surface area (Å²) >= 11 is 0. The molecule has 0 saturated carbocycles. The van der Waals surface area contributed by atoms with Gasteiger partial charge in [-0.25, -0.2) is 0 Å². The Hall–Kier alpha value is -7.86. The van der Waals surface area contributed by atoms with Crippen LogP contribution in [0.4, 0.5) is 0 Å². The van der Waals surface area contributed by atoms with E-state index in [9.17, 15) is 10.5 Å². The Morgan fingerprint density at radius 1 is 0.327 bits per heavy atom. The second-order valence-electron chi connectivity index (χ2n) is 14.0. The molecular formula is C50H29N5. The number of nitrogens with zero attached hydrogens (tertiary/aromatic N) is 5. The van der Waals surface area contributed by atoms with E-state index in [1.165, 1.54) is 32.6 Å². The van der Waals surface area contributed by atoms with Crippen LogP contribution >= 0.6 is 0 Å².